The smallest absolute Gasteiger partial charge is 0.277 e. The summed E-state index contributed by atoms with van der Waals surface area (Å²) in [5.41, 5.74) is 1.55. The summed E-state index contributed by atoms with van der Waals surface area (Å²) in [5, 5.41) is 10.7. The molecule has 32 heavy (non-hydrogen) atoms. The van der Waals surface area contributed by atoms with Crippen molar-refractivity contribution < 1.29 is 22.0 Å². The number of rotatable bonds is 9. The van der Waals surface area contributed by atoms with Crippen molar-refractivity contribution in [1.82, 2.24) is 14.5 Å². The standard InChI is InChI=1S/C21H23FN4O4S2/c1-4-26(5-2)32(28,29)18-12-17(11-6-14(18)3)23-19(27)13-31-21-25-24-20(30-21)15-7-9-16(22)10-8-15/h6-12H,4-5,13H2,1-3H3,(H,23,27). The molecule has 0 radical (unpaired) electrons. The molecule has 3 aromatic rings. The normalized spacial score (nSPS) is 11.7. The maximum absolute atomic E-state index is 13.0. The Morgan fingerprint density at radius 1 is 1.12 bits per heavy atom. The van der Waals surface area contributed by atoms with Crippen LogP contribution in [0.15, 0.2) is 57.0 Å². The number of nitrogens with zero attached hydrogens (tertiary/aromatic N) is 3. The monoisotopic (exact) mass is 478 g/mol. The molecule has 0 aliphatic heterocycles. The maximum Gasteiger partial charge on any atom is 0.277 e. The number of amides is 1. The molecule has 1 heterocycles. The van der Waals surface area contributed by atoms with Crippen LogP contribution in [-0.4, -0.2) is 47.7 Å². The summed E-state index contributed by atoms with van der Waals surface area (Å²) in [6.07, 6.45) is 0. The van der Waals surface area contributed by atoms with Crippen molar-refractivity contribution in [1.29, 1.82) is 0 Å². The third kappa shape index (κ3) is 5.53. The van der Waals surface area contributed by atoms with Gasteiger partial charge in [-0.2, -0.15) is 4.31 Å². The van der Waals surface area contributed by atoms with Crippen LogP contribution >= 0.6 is 11.8 Å². The molecule has 0 spiro atoms. The molecule has 0 unspecified atom stereocenters. The largest absolute Gasteiger partial charge is 0.411 e. The maximum atomic E-state index is 13.0. The van der Waals surface area contributed by atoms with Crippen LogP contribution in [0.2, 0.25) is 0 Å². The first-order chi connectivity index (χ1) is 15.2. The van der Waals surface area contributed by atoms with Gasteiger partial charge in [0.15, 0.2) is 0 Å². The predicted molar refractivity (Wildman–Crippen MR) is 120 cm³/mol. The van der Waals surface area contributed by atoms with Crippen LogP contribution in [0.1, 0.15) is 19.4 Å². The molecule has 170 valence electrons. The number of aryl methyl sites for hydroxylation is 1. The minimum Gasteiger partial charge on any atom is -0.411 e. The fraction of sp³-hybridized carbons (Fsp3) is 0.286. The van der Waals surface area contributed by atoms with E-state index in [4.69, 9.17) is 4.42 Å². The highest BCUT2D eigenvalue weighted by atomic mass is 32.2. The number of hydrogen-bond acceptors (Lipinski definition) is 7. The van der Waals surface area contributed by atoms with Gasteiger partial charge in [-0.25, -0.2) is 12.8 Å². The van der Waals surface area contributed by atoms with E-state index in [0.29, 0.717) is 29.9 Å². The van der Waals surface area contributed by atoms with Crippen molar-refractivity contribution in [2.24, 2.45) is 0 Å². The second kappa shape index (κ2) is 10.2. The molecule has 0 aliphatic rings. The Bertz CT molecular complexity index is 1190. The molecule has 0 fully saturated rings. The van der Waals surface area contributed by atoms with E-state index in [1.165, 1.54) is 34.6 Å². The molecule has 0 atom stereocenters. The molecule has 8 nitrogen and oxygen atoms in total. The van der Waals surface area contributed by atoms with Crippen LogP contribution in [0.25, 0.3) is 11.5 Å². The van der Waals surface area contributed by atoms with E-state index in [2.05, 4.69) is 15.5 Å². The molecule has 3 rings (SSSR count). The Balaban J connectivity index is 1.65. The van der Waals surface area contributed by atoms with E-state index in [-0.39, 0.29) is 33.5 Å². The van der Waals surface area contributed by atoms with Gasteiger partial charge in [-0.1, -0.05) is 31.7 Å². The Morgan fingerprint density at radius 3 is 2.47 bits per heavy atom. The quantitative estimate of drug-likeness (QED) is 0.464. The number of benzene rings is 2. The van der Waals surface area contributed by atoms with Gasteiger partial charge < -0.3 is 9.73 Å². The third-order valence-electron chi connectivity index (χ3n) is 4.62. The lowest BCUT2D eigenvalue weighted by atomic mass is 10.2. The van der Waals surface area contributed by atoms with Gasteiger partial charge in [0.1, 0.15) is 5.82 Å². The van der Waals surface area contributed by atoms with Crippen LogP contribution in [0, 0.1) is 12.7 Å². The average Bonchev–Trinajstić information content (AvgIpc) is 3.24. The highest BCUT2D eigenvalue weighted by Gasteiger charge is 2.24. The van der Waals surface area contributed by atoms with Crippen LogP contribution in [-0.2, 0) is 14.8 Å². The molecule has 11 heteroatoms. The summed E-state index contributed by atoms with van der Waals surface area (Å²) in [6.45, 7) is 5.98. The number of aromatic nitrogens is 2. The van der Waals surface area contributed by atoms with E-state index >= 15 is 0 Å². The third-order valence-corrected chi connectivity index (χ3v) is 7.63. The van der Waals surface area contributed by atoms with Crippen molar-refractivity contribution in [2.75, 3.05) is 24.2 Å². The SMILES string of the molecule is CCN(CC)S(=O)(=O)c1cc(NC(=O)CSc2nnc(-c3ccc(F)cc3)o2)ccc1C. The first-order valence-corrected chi connectivity index (χ1v) is 12.3. The van der Waals surface area contributed by atoms with Crippen LogP contribution in [0.3, 0.4) is 0 Å². The Kier molecular flexibility index (Phi) is 7.64. The second-order valence-corrected chi connectivity index (χ2v) is 9.62. The number of carbonyl (C=O) groups excluding carboxylic acids is 1. The molecular formula is C21H23FN4O4S2. The first-order valence-electron chi connectivity index (χ1n) is 9.87. The van der Waals surface area contributed by atoms with Gasteiger partial charge in [-0.05, 0) is 48.9 Å². The molecule has 1 N–H and O–H groups in total. The number of hydrogen-bond donors (Lipinski definition) is 1. The molecule has 0 saturated carbocycles. The summed E-state index contributed by atoms with van der Waals surface area (Å²) in [6, 6.07) is 10.4. The van der Waals surface area contributed by atoms with Crippen LogP contribution < -0.4 is 5.32 Å². The van der Waals surface area contributed by atoms with E-state index in [1.54, 1.807) is 32.9 Å². The van der Waals surface area contributed by atoms with Crippen LogP contribution in [0.5, 0.6) is 0 Å². The van der Waals surface area contributed by atoms with E-state index < -0.39 is 10.0 Å². The fourth-order valence-electron chi connectivity index (χ4n) is 2.96. The fourth-order valence-corrected chi connectivity index (χ4v) is 5.23. The summed E-state index contributed by atoms with van der Waals surface area (Å²) < 4.78 is 45.6. The Labute approximate surface area is 190 Å². The van der Waals surface area contributed by atoms with Crippen molar-refractivity contribution in [3.63, 3.8) is 0 Å². The van der Waals surface area contributed by atoms with E-state index in [9.17, 15) is 17.6 Å². The highest BCUT2D eigenvalue weighted by molar-refractivity contribution is 7.99. The lowest BCUT2D eigenvalue weighted by Crippen LogP contribution is -2.31. The van der Waals surface area contributed by atoms with Gasteiger partial charge in [-0.3, -0.25) is 4.79 Å². The Morgan fingerprint density at radius 2 is 1.81 bits per heavy atom. The molecule has 1 aromatic heterocycles. The minimum absolute atomic E-state index is 0.0168. The van der Waals surface area contributed by atoms with Gasteiger partial charge in [0, 0.05) is 24.3 Å². The molecular weight excluding hydrogens is 455 g/mol. The minimum atomic E-state index is -3.65. The van der Waals surface area contributed by atoms with Gasteiger partial charge in [-0.15, -0.1) is 10.2 Å². The number of sulfonamides is 1. The topological polar surface area (TPSA) is 105 Å². The average molecular weight is 479 g/mol. The van der Waals surface area contributed by atoms with Crippen molar-refractivity contribution >= 4 is 33.4 Å². The van der Waals surface area contributed by atoms with E-state index in [1.807, 2.05) is 0 Å². The zero-order chi connectivity index (χ0) is 23.3. The first kappa shape index (κ1) is 23.9. The lowest BCUT2D eigenvalue weighted by molar-refractivity contribution is -0.113. The van der Waals surface area contributed by atoms with Crippen LogP contribution in [0.4, 0.5) is 10.1 Å². The predicted octanol–water partition coefficient (Wildman–Crippen LogP) is 3.95. The van der Waals surface area contributed by atoms with Gasteiger partial charge in [0.25, 0.3) is 5.22 Å². The number of anilines is 1. The number of carbonyl (C=O) groups is 1. The van der Waals surface area contributed by atoms with E-state index in [0.717, 1.165) is 11.8 Å². The molecule has 2 aromatic carbocycles. The molecule has 0 saturated heterocycles. The van der Waals surface area contributed by atoms with Gasteiger partial charge >= 0.3 is 0 Å². The summed E-state index contributed by atoms with van der Waals surface area (Å²) in [7, 11) is -3.65. The lowest BCUT2D eigenvalue weighted by Gasteiger charge is -2.20. The Hall–Kier alpha value is -2.76. The number of nitrogens with one attached hydrogen (secondary N) is 1. The van der Waals surface area contributed by atoms with Crippen molar-refractivity contribution in [2.45, 2.75) is 30.9 Å². The van der Waals surface area contributed by atoms with Crippen molar-refractivity contribution in [3.05, 3.63) is 53.8 Å². The number of halogens is 1. The van der Waals surface area contributed by atoms with Gasteiger partial charge in [0.05, 0.1) is 10.6 Å². The zero-order valence-corrected chi connectivity index (χ0v) is 19.5. The second-order valence-electron chi connectivity index (χ2n) is 6.79. The molecule has 0 bridgehead atoms. The number of thioether (sulfide) groups is 1. The summed E-state index contributed by atoms with van der Waals surface area (Å²) in [5.74, 6) is -0.523. The highest BCUT2D eigenvalue weighted by Crippen LogP contribution is 2.25. The molecule has 0 aliphatic carbocycles. The van der Waals surface area contributed by atoms with Gasteiger partial charge in [0.2, 0.25) is 21.8 Å². The summed E-state index contributed by atoms with van der Waals surface area (Å²) >= 11 is 1.04. The van der Waals surface area contributed by atoms with Crippen molar-refractivity contribution in [3.8, 4) is 11.5 Å². The zero-order valence-electron chi connectivity index (χ0n) is 17.8. The molecule has 1 amide bonds. The summed E-state index contributed by atoms with van der Waals surface area (Å²) in [4.78, 5) is 12.5.